The van der Waals surface area contributed by atoms with E-state index in [0.717, 1.165) is 56.7 Å². The zero-order chi connectivity index (χ0) is 24.3. The van der Waals surface area contributed by atoms with Gasteiger partial charge in [0.2, 0.25) is 0 Å². The van der Waals surface area contributed by atoms with E-state index in [2.05, 4.69) is 27.7 Å². The Labute approximate surface area is 201 Å². The van der Waals surface area contributed by atoms with E-state index in [9.17, 15) is 19.8 Å². The van der Waals surface area contributed by atoms with Crippen molar-refractivity contribution in [2.45, 2.75) is 57.1 Å². The Morgan fingerprint density at radius 1 is 1.32 bits per heavy atom. The number of ether oxygens (including phenoxy) is 1. The van der Waals surface area contributed by atoms with Gasteiger partial charge in [0.15, 0.2) is 0 Å². The number of aliphatic hydroxyl groups is 1. The number of amides is 2. The highest BCUT2D eigenvalue weighted by molar-refractivity contribution is 5.82. The first-order valence-electron chi connectivity index (χ1n) is 12.4. The predicted molar refractivity (Wildman–Crippen MR) is 129 cm³/mol. The number of urea groups is 1. The Bertz CT molecular complexity index is 808. The summed E-state index contributed by atoms with van der Waals surface area (Å²) in [5.41, 5.74) is 2.39. The standard InChI is InChI=1S/C24H39N5O5/c1-34-16-15-28(12-3-2-6-19-8-7-18-5-4-11-25-22(18)26-19)13-10-21(23(31)32)27-24(33)29-14-9-20(30)17-29/h7-8,20-21,30H,2-6,9-17H2,1H3,(H,25,26)(H,27,33)(H,31,32). The van der Waals surface area contributed by atoms with Crippen LogP contribution in [0.5, 0.6) is 0 Å². The summed E-state index contributed by atoms with van der Waals surface area (Å²) >= 11 is 0. The number of nitrogens with one attached hydrogen (secondary N) is 2. The molecule has 0 aromatic carbocycles. The molecule has 34 heavy (non-hydrogen) atoms. The van der Waals surface area contributed by atoms with E-state index in [1.54, 1.807) is 7.11 Å². The number of likely N-dealkylation sites (tertiary alicyclic amines) is 1. The third kappa shape index (κ3) is 8.11. The highest BCUT2D eigenvalue weighted by Crippen LogP contribution is 2.20. The van der Waals surface area contributed by atoms with E-state index in [0.29, 0.717) is 39.1 Å². The Balaban J connectivity index is 1.43. The number of unbranched alkanes of at least 4 members (excludes halogenated alkanes) is 1. The Morgan fingerprint density at radius 3 is 2.91 bits per heavy atom. The van der Waals surface area contributed by atoms with Crippen LogP contribution in [0.1, 0.15) is 43.4 Å². The highest BCUT2D eigenvalue weighted by Gasteiger charge is 2.28. The van der Waals surface area contributed by atoms with Crippen LogP contribution in [0.3, 0.4) is 0 Å². The maximum absolute atomic E-state index is 12.4. The lowest BCUT2D eigenvalue weighted by Crippen LogP contribution is -2.48. The number of nitrogens with zero attached hydrogens (tertiary/aromatic N) is 3. The second kappa shape index (κ2) is 13.5. The lowest BCUT2D eigenvalue weighted by atomic mass is 10.1. The van der Waals surface area contributed by atoms with Crippen LogP contribution < -0.4 is 10.6 Å². The molecule has 0 aliphatic carbocycles. The van der Waals surface area contributed by atoms with E-state index in [-0.39, 0.29) is 6.54 Å². The van der Waals surface area contributed by atoms with Gasteiger partial charge in [-0.25, -0.2) is 14.6 Å². The van der Waals surface area contributed by atoms with Gasteiger partial charge in [-0.3, -0.25) is 0 Å². The fourth-order valence-electron chi connectivity index (χ4n) is 4.44. The molecular formula is C24H39N5O5. The largest absolute Gasteiger partial charge is 0.480 e. The van der Waals surface area contributed by atoms with Crippen LogP contribution in [-0.2, 0) is 22.4 Å². The van der Waals surface area contributed by atoms with Gasteiger partial charge in [-0.1, -0.05) is 6.07 Å². The molecule has 0 bridgehead atoms. The van der Waals surface area contributed by atoms with Crippen LogP contribution >= 0.6 is 0 Å². The number of carboxylic acid groups (broad SMARTS) is 1. The molecule has 2 amide bonds. The molecular weight excluding hydrogens is 438 g/mol. The molecule has 2 aliphatic rings. The van der Waals surface area contributed by atoms with E-state index < -0.39 is 24.1 Å². The van der Waals surface area contributed by atoms with Crippen LogP contribution in [0, 0.1) is 0 Å². The Kier molecular flexibility index (Phi) is 10.4. The number of hydrogen-bond acceptors (Lipinski definition) is 7. The first-order valence-corrected chi connectivity index (χ1v) is 12.4. The van der Waals surface area contributed by atoms with Crippen molar-refractivity contribution in [1.82, 2.24) is 20.1 Å². The number of pyridine rings is 1. The van der Waals surface area contributed by atoms with Crippen molar-refractivity contribution in [2.24, 2.45) is 0 Å². The van der Waals surface area contributed by atoms with Gasteiger partial charge in [0, 0.05) is 45.5 Å². The zero-order valence-corrected chi connectivity index (χ0v) is 20.2. The first kappa shape index (κ1) is 26.2. The van der Waals surface area contributed by atoms with Gasteiger partial charge in [-0.2, -0.15) is 0 Å². The number of anilines is 1. The van der Waals surface area contributed by atoms with E-state index in [1.807, 2.05) is 0 Å². The Morgan fingerprint density at radius 2 is 2.18 bits per heavy atom. The summed E-state index contributed by atoms with van der Waals surface area (Å²) in [4.78, 5) is 32.5. The number of aliphatic carboxylic acids is 1. The van der Waals surface area contributed by atoms with E-state index in [4.69, 9.17) is 9.72 Å². The molecule has 10 nitrogen and oxygen atoms in total. The van der Waals surface area contributed by atoms with Crippen LogP contribution in [0.25, 0.3) is 0 Å². The summed E-state index contributed by atoms with van der Waals surface area (Å²) < 4.78 is 5.22. The third-order valence-corrected chi connectivity index (χ3v) is 6.50. The summed E-state index contributed by atoms with van der Waals surface area (Å²) in [6.45, 7) is 4.30. The average Bonchev–Trinajstić information content (AvgIpc) is 3.28. The number of aryl methyl sites for hydroxylation is 2. The molecule has 0 radical (unpaired) electrons. The van der Waals surface area contributed by atoms with Crippen molar-refractivity contribution in [2.75, 3.05) is 58.3 Å². The lowest BCUT2D eigenvalue weighted by Gasteiger charge is -2.25. The van der Waals surface area contributed by atoms with Crippen molar-refractivity contribution in [3.63, 3.8) is 0 Å². The molecule has 0 spiro atoms. The minimum absolute atomic E-state index is 0.243. The highest BCUT2D eigenvalue weighted by atomic mass is 16.5. The molecule has 10 heteroatoms. The number of rotatable bonds is 13. The number of carbonyl (C=O) groups is 2. The van der Waals surface area contributed by atoms with Gasteiger partial charge < -0.3 is 35.4 Å². The minimum atomic E-state index is -1.05. The monoisotopic (exact) mass is 477 g/mol. The van der Waals surface area contributed by atoms with Crippen molar-refractivity contribution >= 4 is 17.8 Å². The predicted octanol–water partition coefficient (Wildman–Crippen LogP) is 1.33. The zero-order valence-electron chi connectivity index (χ0n) is 20.2. The Hall–Kier alpha value is -2.43. The third-order valence-electron chi connectivity index (χ3n) is 6.50. The van der Waals surface area contributed by atoms with Gasteiger partial charge in [-0.15, -0.1) is 0 Å². The summed E-state index contributed by atoms with van der Waals surface area (Å²) in [5.74, 6) is -0.0254. The molecule has 1 fully saturated rings. The molecule has 2 unspecified atom stereocenters. The van der Waals surface area contributed by atoms with Gasteiger partial charge in [-0.05, 0) is 63.1 Å². The summed E-state index contributed by atoms with van der Waals surface area (Å²) in [6.07, 6.45) is 5.39. The number of β-amino-alcohol motifs (C(OH)–C–C–N with tert-alkyl or cyclic N) is 1. The number of carbonyl (C=O) groups excluding carboxylic acids is 1. The normalized spacial score (nSPS) is 18.4. The molecule has 2 atom stereocenters. The molecule has 1 aromatic heterocycles. The molecule has 2 aliphatic heterocycles. The summed E-state index contributed by atoms with van der Waals surface area (Å²) in [7, 11) is 1.65. The van der Waals surface area contributed by atoms with Gasteiger partial charge in [0.05, 0.1) is 12.7 Å². The topological polar surface area (TPSA) is 127 Å². The molecule has 1 saturated heterocycles. The van der Waals surface area contributed by atoms with Crippen LogP contribution in [0.15, 0.2) is 12.1 Å². The fourth-order valence-corrected chi connectivity index (χ4v) is 4.44. The number of methoxy groups -OCH3 is 1. The van der Waals surface area contributed by atoms with Crippen molar-refractivity contribution in [1.29, 1.82) is 0 Å². The van der Waals surface area contributed by atoms with Gasteiger partial charge >= 0.3 is 12.0 Å². The number of aromatic nitrogens is 1. The summed E-state index contributed by atoms with van der Waals surface area (Å²) in [6, 6.07) is 2.90. The van der Waals surface area contributed by atoms with E-state index >= 15 is 0 Å². The second-order valence-corrected chi connectivity index (χ2v) is 9.15. The molecule has 3 heterocycles. The smallest absolute Gasteiger partial charge is 0.326 e. The summed E-state index contributed by atoms with van der Waals surface area (Å²) in [5, 5.41) is 25.2. The first-order chi connectivity index (χ1) is 16.5. The quantitative estimate of drug-likeness (QED) is 0.314. The number of aliphatic hydroxyl groups excluding tert-OH is 1. The van der Waals surface area contributed by atoms with Crippen LogP contribution in [-0.4, -0.2) is 102 Å². The maximum atomic E-state index is 12.4. The molecule has 3 rings (SSSR count). The van der Waals surface area contributed by atoms with Crippen LogP contribution in [0.4, 0.5) is 10.6 Å². The number of carboxylic acids is 1. The molecule has 0 saturated carbocycles. The average molecular weight is 478 g/mol. The van der Waals surface area contributed by atoms with Crippen LogP contribution in [0.2, 0.25) is 0 Å². The van der Waals surface area contributed by atoms with Crippen molar-refractivity contribution in [3.8, 4) is 0 Å². The van der Waals surface area contributed by atoms with Crippen molar-refractivity contribution < 1.29 is 24.5 Å². The molecule has 190 valence electrons. The number of fused-ring (bicyclic) bond motifs is 1. The molecule has 1 aromatic rings. The lowest BCUT2D eigenvalue weighted by molar-refractivity contribution is -0.139. The SMILES string of the molecule is COCCN(CCCCc1ccc2c(n1)NCCC2)CCC(NC(=O)N1CCC(O)C1)C(=O)O. The van der Waals surface area contributed by atoms with Gasteiger partial charge in [0.25, 0.3) is 0 Å². The van der Waals surface area contributed by atoms with Gasteiger partial charge in [0.1, 0.15) is 11.9 Å². The maximum Gasteiger partial charge on any atom is 0.326 e. The van der Waals surface area contributed by atoms with Crippen molar-refractivity contribution in [3.05, 3.63) is 23.4 Å². The van der Waals surface area contributed by atoms with E-state index in [1.165, 1.54) is 10.5 Å². The molecule has 4 N–H and O–H groups in total. The second-order valence-electron chi connectivity index (χ2n) is 9.15. The minimum Gasteiger partial charge on any atom is -0.480 e. The number of hydrogen-bond donors (Lipinski definition) is 4. The fraction of sp³-hybridized carbons (Fsp3) is 0.708.